The summed E-state index contributed by atoms with van der Waals surface area (Å²) in [5, 5.41) is 22.7. The molecule has 0 unspecified atom stereocenters. The first-order valence-electron chi connectivity index (χ1n) is 12.2. The van der Waals surface area contributed by atoms with E-state index >= 15 is 0 Å². The van der Waals surface area contributed by atoms with Crippen LogP contribution >= 0.6 is 0 Å². The fourth-order valence-corrected chi connectivity index (χ4v) is 3.51. The highest BCUT2D eigenvalue weighted by atomic mass is 16.3. The summed E-state index contributed by atoms with van der Waals surface area (Å²) < 4.78 is 0. The number of hydrogen-bond acceptors (Lipinski definition) is 7. The van der Waals surface area contributed by atoms with E-state index in [1.807, 2.05) is 25.1 Å². The third kappa shape index (κ3) is 6.63. The van der Waals surface area contributed by atoms with Crippen LogP contribution in [0.4, 0.5) is 5.82 Å². The van der Waals surface area contributed by atoms with E-state index in [4.69, 9.17) is 0 Å². The zero-order chi connectivity index (χ0) is 24.3. The number of amidine groups is 1. The molecule has 0 atom stereocenters. The maximum atomic E-state index is 10.7. The average molecular weight is 464 g/mol. The molecule has 0 amide bonds. The standard InChI is InChI=1S/C22H27N7O.C4H10/c1-3-19(27-26-16(2)28-11-7-23-8-12-28)18-6-5-17(13-21(18)30)20-14-22(25-15-24-20)29-9-4-10-29;1-3-4-2/h3,5-6,13-15,23,30H,1,4,7-12H2,2H3;3-4H2,1-2H3/b26-16+,27-19+;. The number of aromatic hydroxyl groups is 1. The first-order chi connectivity index (χ1) is 16.6. The van der Waals surface area contributed by atoms with Crippen molar-refractivity contribution in [2.75, 3.05) is 44.2 Å². The maximum absolute atomic E-state index is 10.7. The summed E-state index contributed by atoms with van der Waals surface area (Å²) in [5.41, 5.74) is 2.71. The van der Waals surface area contributed by atoms with Crippen LogP contribution in [0.2, 0.25) is 0 Å². The Hall–Kier alpha value is -3.26. The van der Waals surface area contributed by atoms with Gasteiger partial charge in [-0.05, 0) is 31.6 Å². The van der Waals surface area contributed by atoms with Gasteiger partial charge in [-0.1, -0.05) is 39.3 Å². The molecule has 0 radical (unpaired) electrons. The second kappa shape index (κ2) is 12.8. The Morgan fingerprint density at radius 1 is 1.09 bits per heavy atom. The lowest BCUT2D eigenvalue weighted by atomic mass is 10.0. The molecule has 0 aliphatic carbocycles. The van der Waals surface area contributed by atoms with E-state index in [2.05, 4.69) is 55.7 Å². The number of rotatable bonds is 6. The molecule has 2 aliphatic heterocycles. The SMILES string of the molecule is C=C/C(=N\N=C(/C)N1CCNCC1)c1ccc(-c2cc(N3CCC3)ncn2)cc1O.CCCC. The summed E-state index contributed by atoms with van der Waals surface area (Å²) in [6.45, 7) is 15.9. The number of piperazine rings is 1. The predicted molar refractivity (Wildman–Crippen MR) is 141 cm³/mol. The number of phenols is 1. The number of benzene rings is 1. The van der Waals surface area contributed by atoms with E-state index in [0.717, 1.165) is 62.2 Å². The molecule has 34 heavy (non-hydrogen) atoms. The van der Waals surface area contributed by atoms with Gasteiger partial charge in [0.05, 0.1) is 11.4 Å². The number of hydrogen-bond donors (Lipinski definition) is 2. The van der Waals surface area contributed by atoms with Gasteiger partial charge < -0.3 is 20.2 Å². The van der Waals surface area contributed by atoms with Crippen molar-refractivity contribution < 1.29 is 5.11 Å². The summed E-state index contributed by atoms with van der Waals surface area (Å²) >= 11 is 0. The molecule has 0 bridgehead atoms. The van der Waals surface area contributed by atoms with Gasteiger partial charge in [0, 0.05) is 56.5 Å². The monoisotopic (exact) mass is 463 g/mol. The molecule has 0 saturated carbocycles. The zero-order valence-corrected chi connectivity index (χ0v) is 20.7. The fourth-order valence-electron chi connectivity index (χ4n) is 3.51. The molecular formula is C26H37N7O. The molecule has 0 spiro atoms. The highest BCUT2D eigenvalue weighted by molar-refractivity contribution is 6.10. The molecule has 2 saturated heterocycles. The van der Waals surface area contributed by atoms with Gasteiger partial charge in [0.25, 0.3) is 0 Å². The van der Waals surface area contributed by atoms with Gasteiger partial charge >= 0.3 is 0 Å². The van der Waals surface area contributed by atoms with Crippen molar-refractivity contribution in [3.05, 3.63) is 48.8 Å². The van der Waals surface area contributed by atoms with Gasteiger partial charge in [-0.15, -0.1) is 10.2 Å². The van der Waals surface area contributed by atoms with Crippen molar-refractivity contribution in [1.82, 2.24) is 20.2 Å². The van der Waals surface area contributed by atoms with Crippen LogP contribution in [0.1, 0.15) is 45.6 Å². The molecule has 1 aromatic carbocycles. The lowest BCUT2D eigenvalue weighted by Crippen LogP contribution is -2.45. The molecule has 2 N–H and O–H groups in total. The van der Waals surface area contributed by atoms with Crippen LogP contribution in [-0.4, -0.2) is 70.8 Å². The fraction of sp³-hybridized carbons (Fsp3) is 0.462. The number of anilines is 1. The summed E-state index contributed by atoms with van der Waals surface area (Å²) in [4.78, 5) is 13.1. The Labute approximate surface area is 203 Å². The van der Waals surface area contributed by atoms with E-state index in [0.29, 0.717) is 11.3 Å². The molecule has 8 heteroatoms. The maximum Gasteiger partial charge on any atom is 0.132 e. The van der Waals surface area contributed by atoms with Gasteiger partial charge in [-0.25, -0.2) is 9.97 Å². The lowest BCUT2D eigenvalue weighted by molar-refractivity contribution is 0.355. The van der Waals surface area contributed by atoms with Gasteiger partial charge in [-0.2, -0.15) is 0 Å². The van der Waals surface area contributed by atoms with Crippen LogP contribution in [0.15, 0.2) is 53.5 Å². The minimum Gasteiger partial charge on any atom is -0.507 e. The topological polar surface area (TPSA) is 89.2 Å². The number of nitrogens with one attached hydrogen (secondary N) is 1. The van der Waals surface area contributed by atoms with Crippen molar-refractivity contribution >= 4 is 17.4 Å². The van der Waals surface area contributed by atoms with Crippen molar-refractivity contribution in [1.29, 1.82) is 0 Å². The van der Waals surface area contributed by atoms with E-state index in [-0.39, 0.29) is 5.75 Å². The molecular weight excluding hydrogens is 426 g/mol. The Morgan fingerprint density at radius 2 is 1.82 bits per heavy atom. The molecule has 8 nitrogen and oxygen atoms in total. The third-order valence-corrected chi connectivity index (χ3v) is 5.97. The van der Waals surface area contributed by atoms with Crippen LogP contribution in [-0.2, 0) is 0 Å². The van der Waals surface area contributed by atoms with E-state index in [1.54, 1.807) is 18.5 Å². The van der Waals surface area contributed by atoms with Gasteiger partial charge in [0.2, 0.25) is 0 Å². The lowest BCUT2D eigenvalue weighted by Gasteiger charge is -2.31. The number of unbranched alkanes of at least 4 members (excludes halogenated alkanes) is 1. The Kier molecular flexibility index (Phi) is 9.58. The minimum atomic E-state index is 0.116. The van der Waals surface area contributed by atoms with Crippen molar-refractivity contribution in [2.45, 2.75) is 40.0 Å². The minimum absolute atomic E-state index is 0.116. The van der Waals surface area contributed by atoms with Crippen LogP contribution in [0, 0.1) is 0 Å². The van der Waals surface area contributed by atoms with E-state index < -0.39 is 0 Å². The average Bonchev–Trinajstić information content (AvgIpc) is 2.85. The summed E-state index contributed by atoms with van der Waals surface area (Å²) in [6, 6.07) is 7.40. The van der Waals surface area contributed by atoms with Crippen LogP contribution in [0.3, 0.4) is 0 Å². The van der Waals surface area contributed by atoms with Gasteiger partial charge in [-0.3, -0.25) is 0 Å². The number of phenolic OH excluding ortho intramolecular Hbond substituents is 1. The largest absolute Gasteiger partial charge is 0.507 e. The van der Waals surface area contributed by atoms with Crippen LogP contribution in [0.25, 0.3) is 11.3 Å². The summed E-state index contributed by atoms with van der Waals surface area (Å²) in [5.74, 6) is 1.89. The smallest absolute Gasteiger partial charge is 0.132 e. The van der Waals surface area contributed by atoms with Crippen LogP contribution in [0.5, 0.6) is 5.75 Å². The van der Waals surface area contributed by atoms with E-state index in [9.17, 15) is 5.11 Å². The zero-order valence-electron chi connectivity index (χ0n) is 20.7. The molecule has 3 heterocycles. The summed E-state index contributed by atoms with van der Waals surface area (Å²) in [6.07, 6.45) is 7.00. The van der Waals surface area contributed by atoms with Crippen LogP contribution < -0.4 is 10.2 Å². The Morgan fingerprint density at radius 3 is 2.41 bits per heavy atom. The molecule has 4 rings (SSSR count). The highest BCUT2D eigenvalue weighted by Gasteiger charge is 2.17. The second-order valence-corrected chi connectivity index (χ2v) is 8.41. The molecule has 1 aromatic heterocycles. The molecule has 182 valence electrons. The molecule has 2 aliphatic rings. The predicted octanol–water partition coefficient (Wildman–Crippen LogP) is 4.08. The quantitative estimate of drug-likeness (QED) is 0.381. The molecule has 2 fully saturated rings. The normalized spacial score (nSPS) is 16.4. The van der Waals surface area contributed by atoms with Crippen molar-refractivity contribution in [3.63, 3.8) is 0 Å². The Bertz CT molecular complexity index is 1010. The highest BCUT2D eigenvalue weighted by Crippen LogP contribution is 2.28. The van der Waals surface area contributed by atoms with Gasteiger partial charge in [0.1, 0.15) is 23.7 Å². The third-order valence-electron chi connectivity index (χ3n) is 5.97. The summed E-state index contributed by atoms with van der Waals surface area (Å²) in [7, 11) is 0. The second-order valence-electron chi connectivity index (χ2n) is 8.41. The van der Waals surface area contributed by atoms with Crippen molar-refractivity contribution in [3.8, 4) is 17.0 Å². The van der Waals surface area contributed by atoms with Gasteiger partial charge in [0.15, 0.2) is 0 Å². The Balaban J connectivity index is 0.000000751. The van der Waals surface area contributed by atoms with E-state index in [1.165, 1.54) is 19.3 Å². The first kappa shape index (κ1) is 25.4. The first-order valence-corrected chi connectivity index (χ1v) is 12.2. The van der Waals surface area contributed by atoms with Crippen molar-refractivity contribution in [2.24, 2.45) is 10.2 Å². The number of nitrogens with zero attached hydrogens (tertiary/aromatic N) is 6. The molecule has 2 aromatic rings. The number of allylic oxidation sites excluding steroid dienone is 1. The number of aromatic nitrogens is 2.